The molecule has 2 aliphatic heterocycles. The first kappa shape index (κ1) is 15.7. The van der Waals surface area contributed by atoms with Crippen LogP contribution in [0.1, 0.15) is 46.0 Å². The van der Waals surface area contributed by atoms with Crippen LogP contribution in [0.3, 0.4) is 0 Å². The van der Waals surface area contributed by atoms with Crippen molar-refractivity contribution < 1.29 is 9.90 Å². The molecule has 0 aromatic rings. The van der Waals surface area contributed by atoms with Crippen molar-refractivity contribution in [3.05, 3.63) is 0 Å². The molecule has 0 bridgehead atoms. The predicted molar refractivity (Wildman–Crippen MR) is 79.7 cm³/mol. The van der Waals surface area contributed by atoms with Gasteiger partial charge in [-0.3, -0.25) is 14.6 Å². The van der Waals surface area contributed by atoms with Gasteiger partial charge in [0.2, 0.25) is 0 Å². The molecule has 116 valence electrons. The first-order valence-electron chi connectivity index (χ1n) is 7.96. The monoisotopic (exact) mass is 283 g/mol. The minimum absolute atomic E-state index is 0.494. The number of nitrogens with zero attached hydrogens (tertiary/aromatic N) is 2. The van der Waals surface area contributed by atoms with Crippen molar-refractivity contribution in [3.8, 4) is 0 Å². The molecule has 2 heterocycles. The van der Waals surface area contributed by atoms with Crippen molar-refractivity contribution in [1.29, 1.82) is 0 Å². The summed E-state index contributed by atoms with van der Waals surface area (Å²) in [7, 11) is 0. The summed E-state index contributed by atoms with van der Waals surface area (Å²) in [5.74, 6) is -0.867. The number of piperazine rings is 1. The SMILES string of the molecule is CCC(N)(CCCN1CC2CCCN2CC1C)C(=O)O. The van der Waals surface area contributed by atoms with Gasteiger partial charge in [-0.05, 0) is 52.1 Å². The van der Waals surface area contributed by atoms with Crippen LogP contribution in [-0.4, -0.2) is 64.7 Å². The van der Waals surface area contributed by atoms with E-state index in [1.165, 1.54) is 19.4 Å². The fourth-order valence-corrected chi connectivity index (χ4v) is 3.59. The summed E-state index contributed by atoms with van der Waals surface area (Å²) in [6.07, 6.45) is 4.57. The molecular formula is C15H29N3O2. The van der Waals surface area contributed by atoms with Gasteiger partial charge in [-0.15, -0.1) is 0 Å². The molecule has 0 saturated carbocycles. The summed E-state index contributed by atoms with van der Waals surface area (Å²) in [4.78, 5) is 16.3. The van der Waals surface area contributed by atoms with E-state index < -0.39 is 11.5 Å². The van der Waals surface area contributed by atoms with Crippen molar-refractivity contribution in [1.82, 2.24) is 9.80 Å². The van der Waals surface area contributed by atoms with Gasteiger partial charge in [-0.25, -0.2) is 0 Å². The van der Waals surface area contributed by atoms with Gasteiger partial charge in [0.25, 0.3) is 0 Å². The molecular weight excluding hydrogens is 254 g/mol. The van der Waals surface area contributed by atoms with Crippen LogP contribution in [0, 0.1) is 0 Å². The average Bonchev–Trinajstić information content (AvgIpc) is 2.85. The third-order valence-electron chi connectivity index (χ3n) is 5.19. The number of carboxylic acids is 1. The molecule has 2 aliphatic rings. The number of rotatable bonds is 6. The number of nitrogens with two attached hydrogens (primary N) is 1. The molecule has 3 atom stereocenters. The van der Waals surface area contributed by atoms with Crippen molar-refractivity contribution in [3.63, 3.8) is 0 Å². The number of carboxylic acid groups (broad SMARTS) is 1. The molecule has 0 aliphatic carbocycles. The highest BCUT2D eigenvalue weighted by Gasteiger charge is 2.35. The zero-order chi connectivity index (χ0) is 14.8. The topological polar surface area (TPSA) is 69.8 Å². The van der Waals surface area contributed by atoms with Gasteiger partial charge in [0.1, 0.15) is 5.54 Å². The van der Waals surface area contributed by atoms with Crippen LogP contribution in [0.2, 0.25) is 0 Å². The number of carbonyl (C=O) groups is 1. The summed E-state index contributed by atoms with van der Waals surface area (Å²) in [5.41, 5.74) is 4.91. The van der Waals surface area contributed by atoms with Crippen molar-refractivity contribution >= 4 is 5.97 Å². The number of hydrogen-bond acceptors (Lipinski definition) is 4. The average molecular weight is 283 g/mol. The van der Waals surface area contributed by atoms with E-state index in [1.54, 1.807) is 0 Å². The van der Waals surface area contributed by atoms with Gasteiger partial charge in [0.05, 0.1) is 0 Å². The van der Waals surface area contributed by atoms with Crippen LogP contribution in [0.5, 0.6) is 0 Å². The summed E-state index contributed by atoms with van der Waals surface area (Å²) < 4.78 is 0. The lowest BCUT2D eigenvalue weighted by Crippen LogP contribution is -2.55. The van der Waals surface area contributed by atoms with E-state index in [2.05, 4.69) is 16.7 Å². The van der Waals surface area contributed by atoms with Crippen LogP contribution in [-0.2, 0) is 4.79 Å². The first-order valence-corrected chi connectivity index (χ1v) is 7.96. The zero-order valence-electron chi connectivity index (χ0n) is 12.8. The maximum atomic E-state index is 11.2. The van der Waals surface area contributed by atoms with E-state index in [9.17, 15) is 9.90 Å². The Labute approximate surface area is 122 Å². The van der Waals surface area contributed by atoms with Gasteiger partial charge in [-0.1, -0.05) is 6.92 Å². The van der Waals surface area contributed by atoms with Gasteiger partial charge in [-0.2, -0.15) is 0 Å². The maximum absolute atomic E-state index is 11.2. The lowest BCUT2D eigenvalue weighted by molar-refractivity contribution is -0.143. The van der Waals surface area contributed by atoms with Gasteiger partial charge < -0.3 is 10.8 Å². The first-order chi connectivity index (χ1) is 9.46. The standard InChI is InChI=1S/C15H29N3O2/c1-3-15(16,14(19)20)7-5-9-17-11-13-6-4-8-18(13)10-12(17)2/h12-13H,3-11,16H2,1-2H3,(H,19,20). The maximum Gasteiger partial charge on any atom is 0.323 e. The Kier molecular flexibility index (Phi) is 5.04. The highest BCUT2D eigenvalue weighted by Crippen LogP contribution is 2.25. The largest absolute Gasteiger partial charge is 0.480 e. The Morgan fingerprint density at radius 1 is 1.45 bits per heavy atom. The molecule has 20 heavy (non-hydrogen) atoms. The molecule has 0 aromatic carbocycles. The van der Waals surface area contributed by atoms with Crippen LogP contribution in [0.15, 0.2) is 0 Å². The van der Waals surface area contributed by atoms with Crippen LogP contribution in [0.25, 0.3) is 0 Å². The molecule has 2 fully saturated rings. The molecule has 0 amide bonds. The molecule has 2 rings (SSSR count). The summed E-state index contributed by atoms with van der Waals surface area (Å²) in [5, 5.41) is 9.20. The predicted octanol–water partition coefficient (Wildman–Crippen LogP) is 1.13. The van der Waals surface area contributed by atoms with Crippen LogP contribution >= 0.6 is 0 Å². The van der Waals surface area contributed by atoms with Crippen LogP contribution < -0.4 is 5.73 Å². The van der Waals surface area contributed by atoms with Crippen LogP contribution in [0.4, 0.5) is 0 Å². The number of hydrogen-bond donors (Lipinski definition) is 2. The van der Waals surface area contributed by atoms with E-state index in [0.717, 1.165) is 32.1 Å². The molecule has 5 nitrogen and oxygen atoms in total. The quantitative estimate of drug-likeness (QED) is 0.764. The summed E-state index contributed by atoms with van der Waals surface area (Å²) in [6, 6.07) is 1.29. The smallest absolute Gasteiger partial charge is 0.323 e. The van der Waals surface area contributed by atoms with Crippen molar-refractivity contribution in [2.24, 2.45) is 5.73 Å². The van der Waals surface area contributed by atoms with E-state index in [0.29, 0.717) is 18.9 Å². The molecule has 2 saturated heterocycles. The van der Waals surface area contributed by atoms with E-state index in [-0.39, 0.29) is 0 Å². The van der Waals surface area contributed by atoms with Crippen molar-refractivity contribution in [2.45, 2.75) is 63.6 Å². The van der Waals surface area contributed by atoms with E-state index in [1.807, 2.05) is 6.92 Å². The minimum Gasteiger partial charge on any atom is -0.480 e. The Morgan fingerprint density at radius 3 is 2.85 bits per heavy atom. The third kappa shape index (κ3) is 3.32. The lowest BCUT2D eigenvalue weighted by atomic mass is 9.91. The van der Waals surface area contributed by atoms with Gasteiger partial charge in [0.15, 0.2) is 0 Å². The van der Waals surface area contributed by atoms with E-state index >= 15 is 0 Å². The fourth-order valence-electron chi connectivity index (χ4n) is 3.59. The van der Waals surface area contributed by atoms with Gasteiger partial charge >= 0.3 is 5.97 Å². The zero-order valence-corrected chi connectivity index (χ0v) is 12.8. The Morgan fingerprint density at radius 2 is 2.20 bits per heavy atom. The second-order valence-corrected chi connectivity index (χ2v) is 6.55. The molecule has 0 spiro atoms. The third-order valence-corrected chi connectivity index (χ3v) is 5.19. The van der Waals surface area contributed by atoms with Crippen molar-refractivity contribution in [2.75, 3.05) is 26.2 Å². The molecule has 5 heteroatoms. The summed E-state index contributed by atoms with van der Waals surface area (Å²) >= 11 is 0. The highest BCUT2D eigenvalue weighted by molar-refractivity contribution is 5.78. The highest BCUT2D eigenvalue weighted by atomic mass is 16.4. The second-order valence-electron chi connectivity index (χ2n) is 6.55. The molecule has 0 aromatic heterocycles. The number of aliphatic carboxylic acids is 1. The fraction of sp³-hybridized carbons (Fsp3) is 0.933. The lowest BCUT2D eigenvalue weighted by Gasteiger charge is -2.42. The minimum atomic E-state index is -1.04. The molecule has 3 unspecified atom stereocenters. The van der Waals surface area contributed by atoms with E-state index in [4.69, 9.17) is 5.73 Å². The Balaban J connectivity index is 1.80. The van der Waals surface area contributed by atoms with Gasteiger partial charge in [0, 0.05) is 25.2 Å². The Bertz CT molecular complexity index is 350. The normalized spacial score (nSPS) is 30.9. The second kappa shape index (κ2) is 6.41. The number of fused-ring (bicyclic) bond motifs is 1. The molecule has 3 N–H and O–H groups in total. The Hall–Kier alpha value is -0.650. The summed E-state index contributed by atoms with van der Waals surface area (Å²) in [6.45, 7) is 8.65. The molecule has 0 radical (unpaired) electrons.